The van der Waals surface area contributed by atoms with Crippen molar-refractivity contribution in [1.82, 2.24) is 30.0 Å². The summed E-state index contributed by atoms with van der Waals surface area (Å²) >= 11 is 0. The van der Waals surface area contributed by atoms with Crippen LogP contribution in [0.3, 0.4) is 0 Å². The first-order chi connectivity index (χ1) is 14.3. The fraction of sp³-hybridized carbons (Fsp3) is 0.200. The Balaban J connectivity index is 1.89. The molecular formula is C20H17F3N6O. The van der Waals surface area contributed by atoms with Gasteiger partial charge in [-0.25, -0.2) is 4.68 Å². The molecule has 4 rings (SSSR count). The molecule has 0 radical (unpaired) electrons. The lowest BCUT2D eigenvalue weighted by Gasteiger charge is -2.14. The minimum absolute atomic E-state index is 0.0662. The van der Waals surface area contributed by atoms with Crippen molar-refractivity contribution in [3.05, 3.63) is 65.5 Å². The summed E-state index contributed by atoms with van der Waals surface area (Å²) in [5.41, 5.74) is 1.28. The van der Waals surface area contributed by atoms with Crippen LogP contribution in [0.25, 0.3) is 22.8 Å². The zero-order valence-corrected chi connectivity index (χ0v) is 16.3. The molecule has 10 heteroatoms. The average molecular weight is 414 g/mol. The standard InChI is InChI=1S/C20H17F3N6O/c1-12-4-9-17(13(2)10-12)29-18(20(21,22)23)16(11-24-29)19-25-26-27-28(19)14-5-7-15(30-3)8-6-14/h4-11H,1-3H3. The topological polar surface area (TPSA) is 70.7 Å². The van der Waals surface area contributed by atoms with Gasteiger partial charge in [0.2, 0.25) is 0 Å². The van der Waals surface area contributed by atoms with Gasteiger partial charge in [-0.05, 0) is 60.2 Å². The first-order valence-electron chi connectivity index (χ1n) is 8.95. The van der Waals surface area contributed by atoms with E-state index in [1.807, 2.05) is 6.92 Å². The smallest absolute Gasteiger partial charge is 0.434 e. The molecule has 2 aromatic carbocycles. The summed E-state index contributed by atoms with van der Waals surface area (Å²) in [7, 11) is 1.52. The number of hydrogen-bond donors (Lipinski definition) is 0. The number of rotatable bonds is 4. The van der Waals surface area contributed by atoms with E-state index in [1.54, 1.807) is 49.4 Å². The van der Waals surface area contributed by atoms with Crippen molar-refractivity contribution in [3.63, 3.8) is 0 Å². The van der Waals surface area contributed by atoms with Crippen LogP contribution >= 0.6 is 0 Å². The van der Waals surface area contributed by atoms with E-state index in [2.05, 4.69) is 20.6 Å². The Morgan fingerprint density at radius 2 is 1.70 bits per heavy atom. The maximum absolute atomic E-state index is 14.1. The number of halogens is 3. The Kier molecular flexibility index (Phi) is 4.76. The average Bonchev–Trinajstić information content (AvgIpc) is 3.34. The highest BCUT2D eigenvalue weighted by molar-refractivity contribution is 5.62. The molecule has 30 heavy (non-hydrogen) atoms. The van der Waals surface area contributed by atoms with Crippen LogP contribution in [-0.4, -0.2) is 37.1 Å². The van der Waals surface area contributed by atoms with Crippen LogP contribution in [0.5, 0.6) is 5.75 Å². The van der Waals surface area contributed by atoms with Gasteiger partial charge in [0, 0.05) is 0 Å². The first-order valence-corrected chi connectivity index (χ1v) is 8.95. The number of tetrazole rings is 1. The van der Waals surface area contributed by atoms with E-state index in [1.165, 1.54) is 11.8 Å². The summed E-state index contributed by atoms with van der Waals surface area (Å²) in [4.78, 5) is 0. The maximum Gasteiger partial charge on any atom is 0.434 e. The largest absolute Gasteiger partial charge is 0.497 e. The van der Waals surface area contributed by atoms with Gasteiger partial charge >= 0.3 is 6.18 Å². The molecule has 0 amide bonds. The number of ether oxygens (including phenoxy) is 1. The zero-order chi connectivity index (χ0) is 21.5. The van der Waals surface area contributed by atoms with Gasteiger partial charge in [-0.3, -0.25) is 0 Å². The molecule has 0 fully saturated rings. The van der Waals surface area contributed by atoms with Gasteiger partial charge in [0.25, 0.3) is 0 Å². The molecular weight excluding hydrogens is 397 g/mol. The Morgan fingerprint density at radius 3 is 2.33 bits per heavy atom. The summed E-state index contributed by atoms with van der Waals surface area (Å²) in [6.45, 7) is 3.62. The monoisotopic (exact) mass is 414 g/mol. The summed E-state index contributed by atoms with van der Waals surface area (Å²) in [6, 6.07) is 11.8. The molecule has 0 unspecified atom stereocenters. The molecule has 0 spiro atoms. The minimum Gasteiger partial charge on any atom is -0.497 e. The van der Waals surface area contributed by atoms with Crippen molar-refractivity contribution in [2.75, 3.05) is 7.11 Å². The third-order valence-electron chi connectivity index (χ3n) is 4.65. The number of nitrogens with zero attached hydrogens (tertiary/aromatic N) is 6. The van der Waals surface area contributed by atoms with Crippen LogP contribution in [0, 0.1) is 13.8 Å². The second-order valence-electron chi connectivity index (χ2n) is 6.72. The Bertz CT molecular complexity index is 1190. The molecule has 4 aromatic rings. The van der Waals surface area contributed by atoms with Crippen LogP contribution in [0.15, 0.2) is 48.7 Å². The Hall–Kier alpha value is -3.69. The molecule has 0 atom stereocenters. The molecule has 0 aliphatic carbocycles. The van der Waals surface area contributed by atoms with Crippen LogP contribution < -0.4 is 4.74 Å². The maximum atomic E-state index is 14.1. The van der Waals surface area contributed by atoms with E-state index in [4.69, 9.17) is 4.74 Å². The zero-order valence-electron chi connectivity index (χ0n) is 16.3. The van der Waals surface area contributed by atoms with Crippen molar-refractivity contribution < 1.29 is 17.9 Å². The normalized spacial score (nSPS) is 11.7. The molecule has 0 saturated heterocycles. The van der Waals surface area contributed by atoms with E-state index in [-0.39, 0.29) is 11.4 Å². The second kappa shape index (κ2) is 7.29. The predicted molar refractivity (Wildman–Crippen MR) is 103 cm³/mol. The molecule has 0 aliphatic heterocycles. The number of benzene rings is 2. The van der Waals surface area contributed by atoms with Gasteiger partial charge in [-0.1, -0.05) is 17.7 Å². The number of aromatic nitrogens is 6. The van der Waals surface area contributed by atoms with Crippen molar-refractivity contribution in [3.8, 4) is 28.5 Å². The SMILES string of the molecule is COc1ccc(-n2nnnc2-c2cnn(-c3ccc(C)cc3C)c2C(F)(F)F)cc1. The number of aryl methyl sites for hydroxylation is 2. The highest BCUT2D eigenvalue weighted by Crippen LogP contribution is 2.38. The fourth-order valence-electron chi connectivity index (χ4n) is 3.26. The van der Waals surface area contributed by atoms with Crippen LogP contribution in [-0.2, 0) is 6.18 Å². The molecule has 0 saturated carbocycles. The third kappa shape index (κ3) is 3.40. The number of hydrogen-bond acceptors (Lipinski definition) is 5. The lowest BCUT2D eigenvalue weighted by molar-refractivity contribution is -0.142. The van der Waals surface area contributed by atoms with Gasteiger partial charge in [0.1, 0.15) is 5.75 Å². The molecule has 2 heterocycles. The van der Waals surface area contributed by atoms with Gasteiger partial charge in [0.15, 0.2) is 11.5 Å². The van der Waals surface area contributed by atoms with Gasteiger partial charge in [-0.2, -0.15) is 23.0 Å². The van der Waals surface area contributed by atoms with Crippen LogP contribution in [0.2, 0.25) is 0 Å². The Morgan fingerprint density at radius 1 is 0.967 bits per heavy atom. The van der Waals surface area contributed by atoms with Crippen molar-refractivity contribution >= 4 is 0 Å². The van der Waals surface area contributed by atoms with E-state index in [0.717, 1.165) is 16.4 Å². The van der Waals surface area contributed by atoms with Crippen LogP contribution in [0.4, 0.5) is 13.2 Å². The van der Waals surface area contributed by atoms with E-state index >= 15 is 0 Å². The quantitative estimate of drug-likeness (QED) is 0.502. The number of methoxy groups -OCH3 is 1. The summed E-state index contributed by atoms with van der Waals surface area (Å²) in [5, 5.41) is 15.3. The predicted octanol–water partition coefficient (Wildman–Crippen LogP) is 4.16. The van der Waals surface area contributed by atoms with Gasteiger partial charge in [0.05, 0.1) is 30.2 Å². The highest BCUT2D eigenvalue weighted by Gasteiger charge is 2.40. The van der Waals surface area contributed by atoms with Crippen molar-refractivity contribution in [2.24, 2.45) is 0 Å². The first kappa shape index (κ1) is 19.6. The lowest BCUT2D eigenvalue weighted by Crippen LogP contribution is -2.16. The van der Waals surface area contributed by atoms with E-state index < -0.39 is 11.9 Å². The molecule has 0 N–H and O–H groups in total. The summed E-state index contributed by atoms with van der Waals surface area (Å²) in [5.74, 6) is 0.538. The van der Waals surface area contributed by atoms with Crippen molar-refractivity contribution in [1.29, 1.82) is 0 Å². The van der Waals surface area contributed by atoms with E-state index in [9.17, 15) is 13.2 Å². The highest BCUT2D eigenvalue weighted by atomic mass is 19.4. The minimum atomic E-state index is -4.68. The third-order valence-corrected chi connectivity index (χ3v) is 4.65. The van der Waals surface area contributed by atoms with Crippen LogP contribution in [0.1, 0.15) is 16.8 Å². The van der Waals surface area contributed by atoms with E-state index in [0.29, 0.717) is 22.7 Å². The number of alkyl halides is 3. The molecule has 2 aromatic heterocycles. The summed E-state index contributed by atoms with van der Waals surface area (Å²) in [6.07, 6.45) is -3.55. The summed E-state index contributed by atoms with van der Waals surface area (Å²) < 4.78 is 49.6. The Labute approximate surface area is 169 Å². The molecule has 154 valence electrons. The molecule has 0 bridgehead atoms. The second-order valence-corrected chi connectivity index (χ2v) is 6.72. The molecule has 7 nitrogen and oxygen atoms in total. The van der Waals surface area contributed by atoms with Crippen molar-refractivity contribution in [2.45, 2.75) is 20.0 Å². The van der Waals surface area contributed by atoms with Gasteiger partial charge in [-0.15, -0.1) is 5.10 Å². The molecule has 0 aliphatic rings. The fourth-order valence-corrected chi connectivity index (χ4v) is 3.26. The lowest BCUT2D eigenvalue weighted by atomic mass is 10.1. The van der Waals surface area contributed by atoms with Gasteiger partial charge < -0.3 is 4.74 Å².